The number of nitrogens with one attached hydrogen (secondary N) is 2. The molecule has 21 heavy (non-hydrogen) atoms. The van der Waals surface area contributed by atoms with Crippen LogP contribution in [-0.2, 0) is 0 Å². The van der Waals surface area contributed by atoms with Gasteiger partial charge in [0.15, 0.2) is 0 Å². The molecule has 0 saturated heterocycles. The number of H-pyrrole nitrogens is 2. The summed E-state index contributed by atoms with van der Waals surface area (Å²) in [7, 11) is 0. The lowest BCUT2D eigenvalue weighted by Gasteiger charge is -1.98. The van der Waals surface area contributed by atoms with E-state index >= 15 is 0 Å². The van der Waals surface area contributed by atoms with Crippen LogP contribution in [0.1, 0.15) is 16.8 Å². The highest BCUT2D eigenvalue weighted by molar-refractivity contribution is 7.71. The van der Waals surface area contributed by atoms with Crippen LogP contribution in [0.5, 0.6) is 0 Å². The van der Waals surface area contributed by atoms with Gasteiger partial charge in [-0.15, -0.1) is 0 Å². The molecule has 0 saturated carbocycles. The number of hydrogen-bond donors (Lipinski definition) is 2. The monoisotopic (exact) mass is 298 g/mol. The Morgan fingerprint density at radius 2 is 2.05 bits per heavy atom. The highest BCUT2D eigenvalue weighted by Gasteiger charge is 2.10. The van der Waals surface area contributed by atoms with Crippen molar-refractivity contribution < 1.29 is 0 Å². The lowest BCUT2D eigenvalue weighted by atomic mass is 10.2. The molecular weight excluding hydrogens is 284 g/mol. The van der Waals surface area contributed by atoms with Gasteiger partial charge >= 0.3 is 0 Å². The van der Waals surface area contributed by atoms with Crippen LogP contribution in [0.4, 0.5) is 0 Å². The molecule has 1 aromatic carbocycles. The second-order valence-corrected chi connectivity index (χ2v) is 5.15. The molecule has 0 amide bonds. The summed E-state index contributed by atoms with van der Waals surface area (Å²) >= 11 is 5.21. The summed E-state index contributed by atoms with van der Waals surface area (Å²) in [4.78, 5) is 0. The van der Waals surface area contributed by atoms with E-state index in [1.807, 2.05) is 44.2 Å². The second kappa shape index (κ2) is 5.45. The lowest BCUT2D eigenvalue weighted by Crippen LogP contribution is -1.95. The molecule has 106 valence electrons. The Balaban J connectivity index is 1.99. The van der Waals surface area contributed by atoms with Crippen LogP contribution in [-0.4, -0.2) is 31.3 Å². The first-order chi connectivity index (χ1) is 10.1. The number of nitrogens with zero attached hydrogens (tertiary/aromatic N) is 4. The van der Waals surface area contributed by atoms with Gasteiger partial charge < -0.3 is 0 Å². The standard InChI is InChI=1S/C14H14N6S/c1-9-4-3-5-11(6-9)8-15-20-13(18-19-14(20)21)12-7-10(2)16-17-12/h3-8H,1-2H3,(H,16,17)(H,19,21). The lowest BCUT2D eigenvalue weighted by molar-refractivity contribution is 0.865. The van der Waals surface area contributed by atoms with E-state index in [9.17, 15) is 0 Å². The summed E-state index contributed by atoms with van der Waals surface area (Å²) in [6, 6.07) is 9.95. The van der Waals surface area contributed by atoms with E-state index in [4.69, 9.17) is 12.2 Å². The van der Waals surface area contributed by atoms with E-state index in [0.717, 1.165) is 11.3 Å². The van der Waals surface area contributed by atoms with E-state index in [1.54, 1.807) is 10.9 Å². The Kier molecular flexibility index (Phi) is 3.49. The van der Waals surface area contributed by atoms with E-state index in [2.05, 4.69) is 25.5 Å². The van der Waals surface area contributed by atoms with Crippen molar-refractivity contribution in [3.05, 3.63) is 51.9 Å². The number of benzene rings is 1. The van der Waals surface area contributed by atoms with Gasteiger partial charge in [0.05, 0.1) is 6.21 Å². The van der Waals surface area contributed by atoms with Crippen molar-refractivity contribution in [2.45, 2.75) is 13.8 Å². The zero-order valence-electron chi connectivity index (χ0n) is 11.7. The fraction of sp³-hybridized carbons (Fsp3) is 0.143. The van der Waals surface area contributed by atoms with Crippen molar-refractivity contribution >= 4 is 18.4 Å². The van der Waals surface area contributed by atoms with Gasteiger partial charge in [-0.3, -0.25) is 5.10 Å². The van der Waals surface area contributed by atoms with Crippen molar-refractivity contribution in [3.63, 3.8) is 0 Å². The predicted octanol–water partition coefficient (Wildman–Crippen LogP) is 2.83. The van der Waals surface area contributed by atoms with Crippen molar-refractivity contribution in [3.8, 4) is 11.5 Å². The molecule has 0 fully saturated rings. The maximum Gasteiger partial charge on any atom is 0.216 e. The van der Waals surface area contributed by atoms with E-state index in [1.165, 1.54) is 5.56 Å². The normalized spacial score (nSPS) is 11.3. The maximum atomic E-state index is 5.21. The number of aryl methyl sites for hydroxylation is 2. The van der Waals surface area contributed by atoms with Gasteiger partial charge in [-0.2, -0.15) is 20.0 Å². The van der Waals surface area contributed by atoms with Crippen LogP contribution in [0.3, 0.4) is 0 Å². The first kappa shape index (κ1) is 13.4. The Hall–Kier alpha value is -2.54. The van der Waals surface area contributed by atoms with Crippen LogP contribution in [0.25, 0.3) is 11.5 Å². The van der Waals surface area contributed by atoms with Gasteiger partial charge in [0.25, 0.3) is 0 Å². The number of hydrogen-bond acceptors (Lipinski definition) is 4. The van der Waals surface area contributed by atoms with Crippen LogP contribution in [0, 0.1) is 18.6 Å². The average molecular weight is 298 g/mol. The maximum absolute atomic E-state index is 5.21. The first-order valence-electron chi connectivity index (χ1n) is 6.44. The first-order valence-corrected chi connectivity index (χ1v) is 6.85. The zero-order valence-corrected chi connectivity index (χ0v) is 12.5. The molecule has 0 aliphatic rings. The summed E-state index contributed by atoms with van der Waals surface area (Å²) in [6.07, 6.45) is 1.75. The molecule has 0 radical (unpaired) electrons. The van der Waals surface area contributed by atoms with E-state index in [0.29, 0.717) is 16.3 Å². The largest absolute Gasteiger partial charge is 0.282 e. The third-order valence-electron chi connectivity index (χ3n) is 2.95. The van der Waals surface area contributed by atoms with E-state index in [-0.39, 0.29) is 0 Å². The molecule has 7 heteroatoms. The fourth-order valence-corrected chi connectivity index (χ4v) is 2.15. The summed E-state index contributed by atoms with van der Waals surface area (Å²) in [5.41, 5.74) is 3.83. The number of rotatable bonds is 3. The van der Waals surface area contributed by atoms with Gasteiger partial charge in [-0.05, 0) is 37.7 Å². The van der Waals surface area contributed by atoms with Gasteiger partial charge in [-0.25, -0.2) is 5.10 Å². The molecule has 2 heterocycles. The topological polar surface area (TPSA) is 74.7 Å². The van der Waals surface area contributed by atoms with Crippen LogP contribution in [0.2, 0.25) is 0 Å². The van der Waals surface area contributed by atoms with Crippen molar-refractivity contribution in [2.24, 2.45) is 5.10 Å². The molecule has 3 aromatic rings. The van der Waals surface area contributed by atoms with Gasteiger partial charge in [0, 0.05) is 5.69 Å². The summed E-state index contributed by atoms with van der Waals surface area (Å²) in [5.74, 6) is 0.577. The van der Waals surface area contributed by atoms with Crippen molar-refractivity contribution in [1.82, 2.24) is 25.1 Å². The molecule has 0 aliphatic heterocycles. The highest BCUT2D eigenvalue weighted by atomic mass is 32.1. The Labute approximate surface area is 126 Å². The molecule has 0 unspecified atom stereocenters. The molecule has 2 N–H and O–H groups in total. The molecular formula is C14H14N6S. The van der Waals surface area contributed by atoms with Gasteiger partial charge in [0.1, 0.15) is 5.69 Å². The van der Waals surface area contributed by atoms with Crippen LogP contribution < -0.4 is 0 Å². The molecule has 2 aromatic heterocycles. The van der Waals surface area contributed by atoms with Crippen LogP contribution in [0.15, 0.2) is 35.4 Å². The van der Waals surface area contributed by atoms with Gasteiger partial charge in [0.2, 0.25) is 10.6 Å². The zero-order chi connectivity index (χ0) is 14.8. The van der Waals surface area contributed by atoms with Crippen LogP contribution >= 0.6 is 12.2 Å². The molecule has 0 atom stereocenters. The molecule has 0 spiro atoms. The molecule has 0 bridgehead atoms. The highest BCUT2D eigenvalue weighted by Crippen LogP contribution is 2.15. The summed E-state index contributed by atoms with van der Waals surface area (Å²) in [6.45, 7) is 3.97. The quantitative estimate of drug-likeness (QED) is 0.577. The number of aromatic amines is 2. The third kappa shape index (κ3) is 2.82. The van der Waals surface area contributed by atoms with Crippen molar-refractivity contribution in [2.75, 3.05) is 0 Å². The molecule has 0 aliphatic carbocycles. The predicted molar refractivity (Wildman–Crippen MR) is 83.9 cm³/mol. The minimum atomic E-state index is 0.426. The summed E-state index contributed by atoms with van der Waals surface area (Å²) in [5, 5.41) is 18.4. The molecule has 6 nitrogen and oxygen atoms in total. The minimum Gasteiger partial charge on any atom is -0.282 e. The second-order valence-electron chi connectivity index (χ2n) is 4.76. The average Bonchev–Trinajstić information content (AvgIpc) is 3.03. The third-order valence-corrected chi connectivity index (χ3v) is 3.21. The number of aromatic nitrogens is 5. The van der Waals surface area contributed by atoms with Crippen molar-refractivity contribution in [1.29, 1.82) is 0 Å². The summed E-state index contributed by atoms with van der Waals surface area (Å²) < 4.78 is 1.99. The Bertz CT molecular complexity index is 854. The molecule has 3 rings (SSSR count). The fourth-order valence-electron chi connectivity index (χ4n) is 1.97. The minimum absolute atomic E-state index is 0.426. The van der Waals surface area contributed by atoms with Gasteiger partial charge in [-0.1, -0.05) is 29.8 Å². The Morgan fingerprint density at radius 3 is 2.76 bits per heavy atom. The Morgan fingerprint density at radius 1 is 1.19 bits per heavy atom. The SMILES string of the molecule is Cc1cccc(C=Nn2c(-c3cc(C)[nH]n3)n[nH]c2=S)c1. The van der Waals surface area contributed by atoms with E-state index < -0.39 is 0 Å². The smallest absolute Gasteiger partial charge is 0.216 e.